The first-order valence-corrected chi connectivity index (χ1v) is 10.2. The lowest BCUT2D eigenvalue weighted by Gasteiger charge is -2.09. The van der Waals surface area contributed by atoms with Gasteiger partial charge in [0, 0.05) is 23.4 Å². The van der Waals surface area contributed by atoms with E-state index in [0.717, 1.165) is 5.56 Å². The van der Waals surface area contributed by atoms with Crippen molar-refractivity contribution >= 4 is 29.3 Å². The van der Waals surface area contributed by atoms with Crippen molar-refractivity contribution in [2.75, 3.05) is 17.2 Å². The molecule has 2 N–H and O–H groups in total. The molecule has 0 saturated heterocycles. The number of hydrogen-bond acceptors (Lipinski definition) is 5. The molecular formula is C25H24N2O5. The molecule has 7 nitrogen and oxygen atoms in total. The third-order valence-corrected chi connectivity index (χ3v) is 4.49. The van der Waals surface area contributed by atoms with E-state index in [0.29, 0.717) is 29.8 Å². The lowest BCUT2D eigenvalue weighted by molar-refractivity contribution is -0.116. The summed E-state index contributed by atoms with van der Waals surface area (Å²) in [4.78, 5) is 35.9. The smallest absolute Gasteiger partial charge is 0.434 e. The number of ether oxygens (including phenoxy) is 2. The van der Waals surface area contributed by atoms with Crippen LogP contribution in [0.3, 0.4) is 0 Å². The first-order valence-electron chi connectivity index (χ1n) is 10.2. The third-order valence-electron chi connectivity index (χ3n) is 4.49. The van der Waals surface area contributed by atoms with Crippen molar-refractivity contribution in [1.82, 2.24) is 0 Å². The maximum Gasteiger partial charge on any atom is 0.513 e. The Bertz CT molecular complexity index is 1050. The molecule has 3 aromatic carbocycles. The van der Waals surface area contributed by atoms with Crippen LogP contribution in [0.25, 0.3) is 0 Å². The second-order valence-electron chi connectivity index (χ2n) is 6.87. The van der Waals surface area contributed by atoms with Crippen LogP contribution in [-0.2, 0) is 16.0 Å². The Labute approximate surface area is 186 Å². The second kappa shape index (κ2) is 11.3. The van der Waals surface area contributed by atoms with Gasteiger partial charge in [-0.1, -0.05) is 30.3 Å². The summed E-state index contributed by atoms with van der Waals surface area (Å²) in [5.74, 6) is -0.101. The van der Waals surface area contributed by atoms with Gasteiger partial charge in [-0.15, -0.1) is 0 Å². The molecule has 0 aromatic heterocycles. The van der Waals surface area contributed by atoms with Gasteiger partial charge < -0.3 is 20.1 Å². The Balaban J connectivity index is 1.48. The topological polar surface area (TPSA) is 93.7 Å². The quantitative estimate of drug-likeness (QED) is 0.384. The van der Waals surface area contributed by atoms with Crippen LogP contribution in [0.2, 0.25) is 0 Å². The van der Waals surface area contributed by atoms with Gasteiger partial charge in [0.05, 0.1) is 6.61 Å². The lowest BCUT2D eigenvalue weighted by atomic mass is 10.1. The van der Waals surface area contributed by atoms with E-state index in [2.05, 4.69) is 10.6 Å². The van der Waals surface area contributed by atoms with E-state index in [1.165, 1.54) is 12.1 Å². The predicted molar refractivity (Wildman–Crippen MR) is 122 cm³/mol. The number of rotatable bonds is 8. The highest BCUT2D eigenvalue weighted by molar-refractivity contribution is 6.04. The Hall–Kier alpha value is -4.13. The molecule has 164 valence electrons. The van der Waals surface area contributed by atoms with Crippen LogP contribution in [0.1, 0.15) is 29.3 Å². The zero-order valence-corrected chi connectivity index (χ0v) is 17.7. The Morgan fingerprint density at radius 1 is 0.781 bits per heavy atom. The number of amides is 2. The highest BCUT2D eigenvalue weighted by atomic mass is 16.7. The summed E-state index contributed by atoms with van der Waals surface area (Å²) in [5.41, 5.74) is 2.76. The largest absolute Gasteiger partial charge is 0.513 e. The number of aryl methyl sites for hydroxylation is 1. The van der Waals surface area contributed by atoms with E-state index < -0.39 is 6.16 Å². The van der Waals surface area contributed by atoms with Crippen LogP contribution in [-0.4, -0.2) is 24.6 Å². The van der Waals surface area contributed by atoms with Crippen LogP contribution < -0.4 is 15.4 Å². The van der Waals surface area contributed by atoms with E-state index >= 15 is 0 Å². The Morgan fingerprint density at radius 2 is 1.41 bits per heavy atom. The zero-order valence-electron chi connectivity index (χ0n) is 17.7. The molecule has 0 fully saturated rings. The molecule has 0 atom stereocenters. The van der Waals surface area contributed by atoms with Gasteiger partial charge in [0.25, 0.3) is 5.91 Å². The minimum Gasteiger partial charge on any atom is -0.434 e. The molecule has 3 rings (SSSR count). The van der Waals surface area contributed by atoms with Crippen LogP contribution in [0.5, 0.6) is 5.75 Å². The fraction of sp³-hybridized carbons (Fsp3) is 0.160. The van der Waals surface area contributed by atoms with E-state index in [9.17, 15) is 14.4 Å². The average Bonchev–Trinajstić information content (AvgIpc) is 2.80. The van der Waals surface area contributed by atoms with Gasteiger partial charge in [0.2, 0.25) is 5.91 Å². The maximum atomic E-state index is 12.4. The normalized spacial score (nSPS) is 10.2. The summed E-state index contributed by atoms with van der Waals surface area (Å²) in [5, 5.41) is 5.63. The highest BCUT2D eigenvalue weighted by Crippen LogP contribution is 2.17. The molecule has 2 amide bonds. The number of hydrogen-bond donors (Lipinski definition) is 2. The van der Waals surface area contributed by atoms with Gasteiger partial charge >= 0.3 is 6.16 Å². The molecule has 0 unspecified atom stereocenters. The SMILES string of the molecule is CCOC(=O)Oc1ccc(C(=O)Nc2ccc(NC(=O)CCc3ccccc3)cc2)cc1. The van der Waals surface area contributed by atoms with Gasteiger partial charge in [0.15, 0.2) is 0 Å². The molecule has 0 bridgehead atoms. The number of carbonyl (C=O) groups is 3. The van der Waals surface area contributed by atoms with Crippen molar-refractivity contribution in [2.45, 2.75) is 19.8 Å². The molecular weight excluding hydrogens is 408 g/mol. The van der Waals surface area contributed by atoms with E-state index in [4.69, 9.17) is 9.47 Å². The summed E-state index contributed by atoms with van der Waals surface area (Å²) < 4.78 is 9.67. The molecule has 32 heavy (non-hydrogen) atoms. The fourth-order valence-electron chi connectivity index (χ4n) is 2.88. The molecule has 0 aliphatic heterocycles. The fourth-order valence-corrected chi connectivity index (χ4v) is 2.88. The van der Waals surface area contributed by atoms with Crippen molar-refractivity contribution in [3.63, 3.8) is 0 Å². The summed E-state index contributed by atoms with van der Waals surface area (Å²) >= 11 is 0. The first kappa shape index (κ1) is 22.6. The number of benzene rings is 3. The molecule has 0 radical (unpaired) electrons. The summed E-state index contributed by atoms with van der Waals surface area (Å²) in [6, 6.07) is 22.8. The third kappa shape index (κ3) is 6.98. The van der Waals surface area contributed by atoms with Gasteiger partial charge in [0.1, 0.15) is 5.75 Å². The van der Waals surface area contributed by atoms with Crippen LogP contribution in [0.15, 0.2) is 78.9 Å². The van der Waals surface area contributed by atoms with Crippen molar-refractivity contribution in [3.8, 4) is 5.75 Å². The number of nitrogens with one attached hydrogen (secondary N) is 2. The predicted octanol–water partition coefficient (Wildman–Crippen LogP) is 5.05. The van der Waals surface area contributed by atoms with Crippen molar-refractivity contribution in [3.05, 3.63) is 90.0 Å². The first-order chi connectivity index (χ1) is 15.5. The molecule has 0 heterocycles. The Kier molecular flexibility index (Phi) is 7.97. The summed E-state index contributed by atoms with van der Waals surface area (Å²) in [6.07, 6.45) is 0.264. The van der Waals surface area contributed by atoms with Crippen molar-refractivity contribution in [2.24, 2.45) is 0 Å². The molecule has 0 spiro atoms. The van der Waals surface area contributed by atoms with Gasteiger partial charge in [-0.3, -0.25) is 9.59 Å². The standard InChI is InChI=1S/C25H24N2O5/c1-2-31-25(30)32-22-15-9-19(10-16-22)24(29)27-21-13-11-20(12-14-21)26-23(28)17-8-18-6-4-3-5-7-18/h3-7,9-16H,2,8,17H2,1H3,(H,26,28)(H,27,29). The second-order valence-corrected chi connectivity index (χ2v) is 6.87. The monoisotopic (exact) mass is 432 g/mol. The molecule has 0 aliphatic rings. The van der Waals surface area contributed by atoms with Crippen molar-refractivity contribution < 1.29 is 23.9 Å². The zero-order chi connectivity index (χ0) is 22.8. The van der Waals surface area contributed by atoms with Gasteiger partial charge in [-0.25, -0.2) is 4.79 Å². The van der Waals surface area contributed by atoms with Crippen LogP contribution in [0, 0.1) is 0 Å². The lowest BCUT2D eigenvalue weighted by Crippen LogP contribution is -2.14. The van der Waals surface area contributed by atoms with Gasteiger partial charge in [-0.2, -0.15) is 0 Å². The van der Waals surface area contributed by atoms with Crippen LogP contribution in [0.4, 0.5) is 16.2 Å². The minimum absolute atomic E-state index is 0.0734. The summed E-state index contributed by atoms with van der Waals surface area (Å²) in [7, 11) is 0. The van der Waals surface area contributed by atoms with Gasteiger partial charge in [-0.05, 0) is 67.4 Å². The Morgan fingerprint density at radius 3 is 2.03 bits per heavy atom. The number of anilines is 2. The maximum absolute atomic E-state index is 12.4. The molecule has 7 heteroatoms. The van der Waals surface area contributed by atoms with Crippen LogP contribution >= 0.6 is 0 Å². The highest BCUT2D eigenvalue weighted by Gasteiger charge is 2.09. The minimum atomic E-state index is -0.794. The van der Waals surface area contributed by atoms with Crippen molar-refractivity contribution in [1.29, 1.82) is 0 Å². The molecule has 0 saturated carbocycles. The van der Waals surface area contributed by atoms with E-state index in [1.807, 2.05) is 30.3 Å². The molecule has 3 aromatic rings. The van der Waals surface area contributed by atoms with E-state index in [1.54, 1.807) is 43.3 Å². The molecule has 0 aliphatic carbocycles. The number of carbonyl (C=O) groups excluding carboxylic acids is 3. The van der Waals surface area contributed by atoms with E-state index in [-0.39, 0.29) is 24.2 Å². The average molecular weight is 432 g/mol. The summed E-state index contributed by atoms with van der Waals surface area (Å²) in [6.45, 7) is 1.90.